The Morgan fingerprint density at radius 1 is 1.37 bits per heavy atom. The van der Waals surface area contributed by atoms with E-state index in [1.54, 1.807) is 0 Å². The minimum atomic E-state index is -3.85. The van der Waals surface area contributed by atoms with E-state index in [0.29, 0.717) is 0 Å². The first-order chi connectivity index (χ1) is 8.97. The molecule has 0 aromatic heterocycles. The standard InChI is InChI=1S/C12H10ClN3O2S/c13-10-5-8(6-14)1-4-12(10)19(17,18)16-11(7-15)9-2-3-9/h1,4-5,9,11,16H,2-3H2/t11-/m1/s1. The van der Waals surface area contributed by atoms with Gasteiger partial charge in [-0.3, -0.25) is 0 Å². The number of rotatable bonds is 4. The molecule has 0 radical (unpaired) electrons. The molecule has 1 aliphatic carbocycles. The molecule has 2 rings (SSSR count). The number of nitrogens with zero attached hydrogens (tertiary/aromatic N) is 2. The first-order valence-corrected chi connectivity index (χ1v) is 7.45. The smallest absolute Gasteiger partial charge is 0.207 e. The molecule has 0 amide bonds. The van der Waals surface area contributed by atoms with Crippen molar-refractivity contribution in [1.82, 2.24) is 4.72 Å². The molecule has 1 aliphatic rings. The van der Waals surface area contributed by atoms with Gasteiger partial charge in [0.2, 0.25) is 10.0 Å². The topological polar surface area (TPSA) is 93.8 Å². The van der Waals surface area contributed by atoms with Gasteiger partial charge >= 0.3 is 0 Å². The molecule has 0 saturated heterocycles. The SMILES string of the molecule is N#Cc1ccc(S(=O)(=O)N[C@H](C#N)C2CC2)c(Cl)c1. The highest BCUT2D eigenvalue weighted by Gasteiger charge is 2.34. The summed E-state index contributed by atoms with van der Waals surface area (Å²) in [4.78, 5) is -0.117. The summed E-state index contributed by atoms with van der Waals surface area (Å²) in [6.45, 7) is 0. The fourth-order valence-corrected chi connectivity index (χ4v) is 3.43. The molecule has 0 aliphatic heterocycles. The molecule has 1 N–H and O–H groups in total. The van der Waals surface area contributed by atoms with Crippen LogP contribution in [0, 0.1) is 28.6 Å². The molecule has 0 spiro atoms. The zero-order chi connectivity index (χ0) is 14.0. The van der Waals surface area contributed by atoms with Gasteiger partial charge in [0.25, 0.3) is 0 Å². The number of halogens is 1. The number of sulfonamides is 1. The van der Waals surface area contributed by atoms with Gasteiger partial charge in [0, 0.05) is 0 Å². The van der Waals surface area contributed by atoms with Gasteiger partial charge in [-0.2, -0.15) is 15.2 Å². The van der Waals surface area contributed by atoms with Crippen molar-refractivity contribution in [3.63, 3.8) is 0 Å². The molecule has 1 aromatic carbocycles. The first kappa shape index (κ1) is 13.8. The molecular formula is C12H10ClN3O2S. The van der Waals surface area contributed by atoms with Gasteiger partial charge in [0.05, 0.1) is 22.7 Å². The first-order valence-electron chi connectivity index (χ1n) is 5.59. The second-order valence-corrected chi connectivity index (χ2v) is 6.41. The Labute approximate surface area is 116 Å². The minimum absolute atomic E-state index is 0.0287. The van der Waals surface area contributed by atoms with Gasteiger partial charge in [-0.05, 0) is 37.0 Å². The van der Waals surface area contributed by atoms with Gasteiger partial charge in [-0.25, -0.2) is 8.42 Å². The Kier molecular flexibility index (Phi) is 3.77. The number of benzene rings is 1. The second kappa shape index (κ2) is 5.18. The molecule has 0 unspecified atom stereocenters. The Balaban J connectivity index is 2.29. The highest BCUT2D eigenvalue weighted by atomic mass is 35.5. The third kappa shape index (κ3) is 3.05. The monoisotopic (exact) mass is 295 g/mol. The van der Waals surface area contributed by atoms with Gasteiger partial charge in [0.1, 0.15) is 10.9 Å². The average Bonchev–Trinajstić information content (AvgIpc) is 3.19. The Morgan fingerprint density at radius 2 is 2.05 bits per heavy atom. The fraction of sp³-hybridized carbons (Fsp3) is 0.333. The summed E-state index contributed by atoms with van der Waals surface area (Å²) < 4.78 is 26.6. The zero-order valence-corrected chi connectivity index (χ0v) is 11.4. The summed E-state index contributed by atoms with van der Waals surface area (Å²) in [5, 5.41) is 17.6. The molecule has 19 heavy (non-hydrogen) atoms. The average molecular weight is 296 g/mol. The lowest BCUT2D eigenvalue weighted by atomic mass is 10.2. The fourth-order valence-electron chi connectivity index (χ4n) is 1.68. The summed E-state index contributed by atoms with van der Waals surface area (Å²) in [6, 6.07) is 7.02. The molecule has 1 aromatic rings. The van der Waals surface area contributed by atoms with E-state index in [4.69, 9.17) is 22.1 Å². The highest BCUT2D eigenvalue weighted by molar-refractivity contribution is 7.89. The number of nitrogens with one attached hydrogen (secondary N) is 1. The Hall–Kier alpha value is -1.60. The quantitative estimate of drug-likeness (QED) is 0.916. The lowest BCUT2D eigenvalue weighted by molar-refractivity contribution is 0.560. The van der Waals surface area contributed by atoms with Crippen molar-refractivity contribution in [3.8, 4) is 12.1 Å². The zero-order valence-electron chi connectivity index (χ0n) is 9.80. The maximum absolute atomic E-state index is 12.1. The van der Waals surface area contributed by atoms with Crippen molar-refractivity contribution in [1.29, 1.82) is 10.5 Å². The molecule has 1 atom stereocenters. The molecule has 0 heterocycles. The van der Waals surface area contributed by atoms with E-state index in [1.165, 1.54) is 18.2 Å². The van der Waals surface area contributed by atoms with Crippen LogP contribution >= 0.6 is 11.6 Å². The van der Waals surface area contributed by atoms with Crippen LogP contribution < -0.4 is 4.72 Å². The van der Waals surface area contributed by atoms with Crippen molar-refractivity contribution in [3.05, 3.63) is 28.8 Å². The Morgan fingerprint density at radius 3 is 2.53 bits per heavy atom. The number of nitriles is 2. The van der Waals surface area contributed by atoms with Gasteiger partial charge < -0.3 is 0 Å². The molecular weight excluding hydrogens is 286 g/mol. The lowest BCUT2D eigenvalue weighted by Gasteiger charge is -2.12. The van der Waals surface area contributed by atoms with Crippen LogP contribution in [0.2, 0.25) is 5.02 Å². The van der Waals surface area contributed by atoms with Gasteiger partial charge in [-0.15, -0.1) is 0 Å². The summed E-state index contributed by atoms with van der Waals surface area (Å²) >= 11 is 5.86. The summed E-state index contributed by atoms with van der Waals surface area (Å²) in [6.07, 6.45) is 1.70. The molecule has 7 heteroatoms. The second-order valence-electron chi connectivity index (χ2n) is 4.32. The molecule has 1 saturated carbocycles. The van der Waals surface area contributed by atoms with Crippen LogP contribution in [0.5, 0.6) is 0 Å². The van der Waals surface area contributed by atoms with Crippen molar-refractivity contribution in [2.75, 3.05) is 0 Å². The van der Waals surface area contributed by atoms with Crippen LogP contribution in [0.3, 0.4) is 0 Å². The van der Waals surface area contributed by atoms with E-state index >= 15 is 0 Å². The van der Waals surface area contributed by atoms with Crippen molar-refractivity contribution in [2.24, 2.45) is 5.92 Å². The normalized spacial score (nSPS) is 16.4. The van der Waals surface area contributed by atoms with Crippen LogP contribution in [-0.2, 0) is 10.0 Å². The Bertz CT molecular complexity index is 684. The molecule has 1 fully saturated rings. The highest BCUT2D eigenvalue weighted by Crippen LogP contribution is 2.33. The summed E-state index contributed by atoms with van der Waals surface area (Å²) in [5.41, 5.74) is 0.281. The predicted octanol–water partition coefficient (Wildman–Crippen LogP) is 1.79. The maximum atomic E-state index is 12.1. The van der Waals surface area contributed by atoms with Crippen LogP contribution in [-0.4, -0.2) is 14.5 Å². The molecule has 98 valence electrons. The van der Waals surface area contributed by atoms with Crippen LogP contribution in [0.1, 0.15) is 18.4 Å². The van der Waals surface area contributed by atoms with Gasteiger partial charge in [-0.1, -0.05) is 11.6 Å². The van der Waals surface area contributed by atoms with Crippen LogP contribution in [0.4, 0.5) is 0 Å². The van der Waals surface area contributed by atoms with Crippen molar-refractivity contribution < 1.29 is 8.42 Å². The summed E-state index contributed by atoms with van der Waals surface area (Å²) in [7, 11) is -3.85. The summed E-state index contributed by atoms with van der Waals surface area (Å²) in [5.74, 6) is 0.0805. The number of hydrogen-bond donors (Lipinski definition) is 1. The van der Waals surface area contributed by atoms with E-state index in [-0.39, 0.29) is 21.4 Å². The van der Waals surface area contributed by atoms with Crippen LogP contribution in [0.25, 0.3) is 0 Å². The lowest BCUT2D eigenvalue weighted by Crippen LogP contribution is -2.35. The maximum Gasteiger partial charge on any atom is 0.243 e. The number of hydrogen-bond acceptors (Lipinski definition) is 4. The predicted molar refractivity (Wildman–Crippen MR) is 68.6 cm³/mol. The van der Waals surface area contributed by atoms with Crippen LogP contribution in [0.15, 0.2) is 23.1 Å². The molecule has 5 nitrogen and oxygen atoms in total. The minimum Gasteiger partial charge on any atom is -0.207 e. The van der Waals surface area contributed by atoms with Crippen molar-refractivity contribution >= 4 is 21.6 Å². The van der Waals surface area contributed by atoms with E-state index in [0.717, 1.165) is 12.8 Å². The van der Waals surface area contributed by atoms with E-state index < -0.39 is 16.1 Å². The van der Waals surface area contributed by atoms with E-state index in [2.05, 4.69) is 4.72 Å². The largest absolute Gasteiger partial charge is 0.243 e. The van der Waals surface area contributed by atoms with Gasteiger partial charge in [0.15, 0.2) is 0 Å². The third-order valence-corrected chi connectivity index (χ3v) is 4.79. The molecule has 0 bridgehead atoms. The van der Waals surface area contributed by atoms with E-state index in [1.807, 2.05) is 12.1 Å². The van der Waals surface area contributed by atoms with Crippen molar-refractivity contribution in [2.45, 2.75) is 23.8 Å². The van der Waals surface area contributed by atoms with E-state index in [9.17, 15) is 8.42 Å². The third-order valence-electron chi connectivity index (χ3n) is 2.87.